The summed E-state index contributed by atoms with van der Waals surface area (Å²) in [5.74, 6) is -0.235. The summed E-state index contributed by atoms with van der Waals surface area (Å²) in [7, 11) is 0. The molecule has 1 aromatic carbocycles. The van der Waals surface area contributed by atoms with E-state index in [4.69, 9.17) is 5.73 Å². The molecule has 3 rings (SSSR count). The average molecular weight is 333 g/mol. The van der Waals surface area contributed by atoms with Gasteiger partial charge in [0.25, 0.3) is 0 Å². The highest BCUT2D eigenvalue weighted by atomic mass is 19.1. The maximum atomic E-state index is 13.4. The number of nitrogens with zero attached hydrogens (tertiary/aromatic N) is 1. The standard InChI is InChI=1S/C19H28FN3O/c1-19(21)10-3-2-9-17(19)18(24)22-15-7-5-11-23(13-15)16-8-4-6-14(20)12-16/h4,6,8,12,15,17H,2-3,5,7,9-11,13,21H2,1H3,(H,22,24). The van der Waals surface area contributed by atoms with Crippen LogP contribution in [-0.4, -0.2) is 30.6 Å². The Morgan fingerprint density at radius 1 is 1.33 bits per heavy atom. The lowest BCUT2D eigenvalue weighted by molar-refractivity contribution is -0.128. The molecule has 1 aliphatic carbocycles. The molecule has 3 unspecified atom stereocenters. The zero-order chi connectivity index (χ0) is 17.2. The minimum absolute atomic E-state index is 0.0887. The third-order valence-corrected chi connectivity index (χ3v) is 5.51. The van der Waals surface area contributed by atoms with Crippen molar-refractivity contribution in [2.45, 2.75) is 57.0 Å². The highest BCUT2D eigenvalue weighted by molar-refractivity contribution is 5.80. The topological polar surface area (TPSA) is 58.4 Å². The molecule has 0 aromatic heterocycles. The first-order valence-electron chi connectivity index (χ1n) is 9.05. The Morgan fingerprint density at radius 3 is 2.92 bits per heavy atom. The van der Waals surface area contributed by atoms with Crippen LogP contribution < -0.4 is 16.0 Å². The summed E-state index contributed by atoms with van der Waals surface area (Å²) in [6.07, 6.45) is 5.92. The van der Waals surface area contributed by atoms with Crippen molar-refractivity contribution in [2.75, 3.05) is 18.0 Å². The summed E-state index contributed by atoms with van der Waals surface area (Å²) >= 11 is 0. The summed E-state index contributed by atoms with van der Waals surface area (Å²) in [6, 6.07) is 6.77. The lowest BCUT2D eigenvalue weighted by Crippen LogP contribution is -2.56. The second-order valence-electron chi connectivity index (χ2n) is 7.58. The average Bonchev–Trinajstić information content (AvgIpc) is 2.54. The van der Waals surface area contributed by atoms with Crippen LogP contribution in [0.1, 0.15) is 45.4 Å². The number of piperidine rings is 1. The van der Waals surface area contributed by atoms with Crippen LogP contribution in [0.3, 0.4) is 0 Å². The summed E-state index contributed by atoms with van der Waals surface area (Å²) in [5, 5.41) is 3.20. The lowest BCUT2D eigenvalue weighted by atomic mass is 9.74. The highest BCUT2D eigenvalue weighted by Gasteiger charge is 2.38. The minimum Gasteiger partial charge on any atom is -0.369 e. The van der Waals surface area contributed by atoms with E-state index < -0.39 is 5.54 Å². The third kappa shape index (κ3) is 3.89. The van der Waals surface area contributed by atoms with Gasteiger partial charge in [0.1, 0.15) is 5.82 Å². The first-order valence-corrected chi connectivity index (χ1v) is 9.05. The Kier molecular flexibility index (Phi) is 5.09. The van der Waals surface area contributed by atoms with Gasteiger partial charge in [-0.1, -0.05) is 18.9 Å². The molecule has 1 amide bonds. The number of hydrogen-bond donors (Lipinski definition) is 2. The van der Waals surface area contributed by atoms with Gasteiger partial charge < -0.3 is 16.0 Å². The molecule has 2 aliphatic rings. The van der Waals surface area contributed by atoms with E-state index in [2.05, 4.69) is 10.2 Å². The Hall–Kier alpha value is -1.62. The van der Waals surface area contributed by atoms with Gasteiger partial charge in [-0.05, 0) is 50.8 Å². The zero-order valence-electron chi connectivity index (χ0n) is 14.4. The van der Waals surface area contributed by atoms with Crippen LogP contribution in [-0.2, 0) is 4.79 Å². The van der Waals surface area contributed by atoms with Crippen LogP contribution >= 0.6 is 0 Å². The van der Waals surface area contributed by atoms with Gasteiger partial charge in [-0.2, -0.15) is 0 Å². The van der Waals surface area contributed by atoms with E-state index in [9.17, 15) is 9.18 Å². The van der Waals surface area contributed by atoms with Gasteiger partial charge in [-0.3, -0.25) is 4.79 Å². The second-order valence-corrected chi connectivity index (χ2v) is 7.58. The predicted molar refractivity (Wildman–Crippen MR) is 94.3 cm³/mol. The monoisotopic (exact) mass is 333 g/mol. The van der Waals surface area contributed by atoms with Crippen molar-refractivity contribution in [3.63, 3.8) is 0 Å². The van der Waals surface area contributed by atoms with Gasteiger partial charge in [0.05, 0.1) is 5.92 Å². The molecule has 1 aliphatic heterocycles. The second kappa shape index (κ2) is 7.09. The molecule has 5 heteroatoms. The fourth-order valence-corrected chi connectivity index (χ4v) is 4.09. The van der Waals surface area contributed by atoms with Crippen LogP contribution in [0.5, 0.6) is 0 Å². The van der Waals surface area contributed by atoms with E-state index in [-0.39, 0.29) is 23.7 Å². The van der Waals surface area contributed by atoms with Crippen LogP contribution in [0.2, 0.25) is 0 Å². The van der Waals surface area contributed by atoms with Crippen molar-refractivity contribution in [2.24, 2.45) is 11.7 Å². The maximum absolute atomic E-state index is 13.4. The smallest absolute Gasteiger partial charge is 0.225 e. The van der Waals surface area contributed by atoms with Crippen molar-refractivity contribution >= 4 is 11.6 Å². The number of hydrogen-bond acceptors (Lipinski definition) is 3. The number of anilines is 1. The predicted octanol–water partition coefficient (Wildman–Crippen LogP) is 2.82. The van der Waals surface area contributed by atoms with Crippen molar-refractivity contribution in [3.8, 4) is 0 Å². The number of rotatable bonds is 3. The molecular weight excluding hydrogens is 305 g/mol. The molecule has 132 valence electrons. The van der Waals surface area contributed by atoms with E-state index in [0.29, 0.717) is 0 Å². The highest BCUT2D eigenvalue weighted by Crippen LogP contribution is 2.32. The number of benzene rings is 1. The summed E-state index contributed by atoms with van der Waals surface area (Å²) < 4.78 is 13.4. The molecule has 1 saturated carbocycles. The summed E-state index contributed by atoms with van der Waals surface area (Å²) in [6.45, 7) is 3.62. The van der Waals surface area contributed by atoms with Gasteiger partial charge in [0, 0.05) is 30.4 Å². The number of carbonyl (C=O) groups excluding carboxylic acids is 1. The van der Waals surface area contributed by atoms with Crippen LogP contribution in [0, 0.1) is 11.7 Å². The van der Waals surface area contributed by atoms with E-state index in [1.165, 1.54) is 6.07 Å². The fraction of sp³-hybridized carbons (Fsp3) is 0.632. The quantitative estimate of drug-likeness (QED) is 0.894. The maximum Gasteiger partial charge on any atom is 0.225 e. The Balaban J connectivity index is 1.62. The normalized spacial score (nSPS) is 30.9. The van der Waals surface area contributed by atoms with Crippen molar-refractivity contribution < 1.29 is 9.18 Å². The van der Waals surface area contributed by atoms with Crippen LogP contribution in [0.4, 0.5) is 10.1 Å². The largest absolute Gasteiger partial charge is 0.369 e. The third-order valence-electron chi connectivity index (χ3n) is 5.51. The van der Waals surface area contributed by atoms with E-state index in [0.717, 1.165) is 57.3 Å². The van der Waals surface area contributed by atoms with Crippen molar-refractivity contribution in [3.05, 3.63) is 30.1 Å². The summed E-state index contributed by atoms with van der Waals surface area (Å²) in [5.41, 5.74) is 6.83. The van der Waals surface area contributed by atoms with E-state index >= 15 is 0 Å². The summed E-state index contributed by atoms with van der Waals surface area (Å²) in [4.78, 5) is 14.9. The molecule has 0 spiro atoms. The Bertz CT molecular complexity index is 590. The number of amides is 1. The van der Waals surface area contributed by atoms with Crippen molar-refractivity contribution in [1.82, 2.24) is 5.32 Å². The van der Waals surface area contributed by atoms with Crippen LogP contribution in [0.15, 0.2) is 24.3 Å². The van der Waals surface area contributed by atoms with E-state index in [1.54, 1.807) is 12.1 Å². The number of nitrogens with one attached hydrogen (secondary N) is 1. The molecule has 0 bridgehead atoms. The van der Waals surface area contributed by atoms with Crippen LogP contribution in [0.25, 0.3) is 0 Å². The van der Waals surface area contributed by atoms with Crippen molar-refractivity contribution in [1.29, 1.82) is 0 Å². The first-order chi connectivity index (χ1) is 11.5. The van der Waals surface area contributed by atoms with Gasteiger partial charge in [-0.25, -0.2) is 4.39 Å². The lowest BCUT2D eigenvalue weighted by Gasteiger charge is -2.40. The van der Waals surface area contributed by atoms with Gasteiger partial charge in [0.15, 0.2) is 0 Å². The molecule has 2 fully saturated rings. The molecule has 4 nitrogen and oxygen atoms in total. The minimum atomic E-state index is -0.404. The Labute approximate surface area is 143 Å². The molecular formula is C19H28FN3O. The molecule has 0 radical (unpaired) electrons. The zero-order valence-corrected chi connectivity index (χ0v) is 14.4. The molecule has 1 heterocycles. The molecule has 24 heavy (non-hydrogen) atoms. The molecule has 3 atom stereocenters. The molecule has 1 saturated heterocycles. The first kappa shape index (κ1) is 17.2. The fourth-order valence-electron chi connectivity index (χ4n) is 4.09. The molecule has 1 aromatic rings. The van der Waals surface area contributed by atoms with Gasteiger partial charge in [0.2, 0.25) is 5.91 Å². The number of nitrogens with two attached hydrogens (primary N) is 1. The number of halogens is 1. The SMILES string of the molecule is CC1(N)CCCCC1C(=O)NC1CCCN(c2cccc(F)c2)C1. The van der Waals surface area contributed by atoms with Gasteiger partial charge >= 0.3 is 0 Å². The molecule has 3 N–H and O–H groups in total. The Morgan fingerprint density at radius 2 is 2.17 bits per heavy atom. The number of carbonyl (C=O) groups is 1. The van der Waals surface area contributed by atoms with Gasteiger partial charge in [-0.15, -0.1) is 0 Å². The van der Waals surface area contributed by atoms with E-state index in [1.807, 2.05) is 13.0 Å².